The van der Waals surface area contributed by atoms with E-state index in [1.54, 1.807) is 11.3 Å². The Morgan fingerprint density at radius 2 is 2.23 bits per heavy atom. The SMILES string of the molecule is Cc1cc(-c2ccsc2)nc(Cl)n1. The number of aryl methyl sites for hydroxylation is 1. The van der Waals surface area contributed by atoms with Crippen LogP contribution in [0.2, 0.25) is 5.28 Å². The van der Waals surface area contributed by atoms with Gasteiger partial charge in [0.05, 0.1) is 5.69 Å². The Hall–Kier alpha value is -0.930. The third-order valence-electron chi connectivity index (χ3n) is 1.64. The molecule has 0 saturated carbocycles. The number of hydrogen-bond acceptors (Lipinski definition) is 3. The van der Waals surface area contributed by atoms with Gasteiger partial charge in [0.1, 0.15) is 0 Å². The minimum Gasteiger partial charge on any atom is -0.223 e. The number of thiophene rings is 1. The van der Waals surface area contributed by atoms with Crippen LogP contribution in [0.5, 0.6) is 0 Å². The third-order valence-corrected chi connectivity index (χ3v) is 2.50. The highest BCUT2D eigenvalue weighted by Gasteiger charge is 2.02. The van der Waals surface area contributed by atoms with E-state index in [1.807, 2.05) is 29.8 Å². The van der Waals surface area contributed by atoms with Gasteiger partial charge < -0.3 is 0 Å². The van der Waals surface area contributed by atoms with Crippen molar-refractivity contribution in [1.29, 1.82) is 0 Å². The Morgan fingerprint density at radius 3 is 2.85 bits per heavy atom. The van der Waals surface area contributed by atoms with E-state index < -0.39 is 0 Å². The molecule has 0 aromatic carbocycles. The van der Waals surface area contributed by atoms with E-state index in [0.717, 1.165) is 17.0 Å². The molecule has 0 N–H and O–H groups in total. The summed E-state index contributed by atoms with van der Waals surface area (Å²) in [6, 6.07) is 3.94. The quantitative estimate of drug-likeness (QED) is 0.676. The van der Waals surface area contributed by atoms with Gasteiger partial charge in [-0.05, 0) is 36.0 Å². The zero-order valence-corrected chi connectivity index (χ0v) is 8.56. The molecule has 2 rings (SSSR count). The van der Waals surface area contributed by atoms with Crippen molar-refractivity contribution in [3.8, 4) is 11.3 Å². The molecule has 13 heavy (non-hydrogen) atoms. The highest BCUT2D eigenvalue weighted by molar-refractivity contribution is 7.08. The normalized spacial score (nSPS) is 10.3. The van der Waals surface area contributed by atoms with Crippen molar-refractivity contribution in [2.75, 3.05) is 0 Å². The molecule has 2 heterocycles. The number of aromatic nitrogens is 2. The molecule has 0 aliphatic heterocycles. The van der Waals surface area contributed by atoms with Crippen molar-refractivity contribution in [1.82, 2.24) is 9.97 Å². The minimum atomic E-state index is 0.307. The molecule has 0 bridgehead atoms. The number of hydrogen-bond donors (Lipinski definition) is 0. The van der Waals surface area contributed by atoms with E-state index >= 15 is 0 Å². The highest BCUT2D eigenvalue weighted by Crippen LogP contribution is 2.21. The summed E-state index contributed by atoms with van der Waals surface area (Å²) in [5, 5.41) is 4.36. The summed E-state index contributed by atoms with van der Waals surface area (Å²) in [7, 11) is 0. The van der Waals surface area contributed by atoms with Gasteiger partial charge in [-0.15, -0.1) is 0 Å². The van der Waals surface area contributed by atoms with Gasteiger partial charge in [0, 0.05) is 16.6 Å². The van der Waals surface area contributed by atoms with Crippen LogP contribution in [0, 0.1) is 6.92 Å². The Morgan fingerprint density at radius 1 is 1.38 bits per heavy atom. The molecule has 0 radical (unpaired) electrons. The molecule has 4 heteroatoms. The average Bonchev–Trinajstić information content (AvgIpc) is 2.53. The van der Waals surface area contributed by atoms with E-state index in [2.05, 4.69) is 9.97 Å². The predicted molar refractivity (Wildman–Crippen MR) is 55.1 cm³/mol. The number of nitrogens with zero attached hydrogens (tertiary/aromatic N) is 2. The molecule has 0 spiro atoms. The third kappa shape index (κ3) is 1.87. The molecule has 0 unspecified atom stereocenters. The molecule has 0 aliphatic carbocycles. The van der Waals surface area contributed by atoms with Gasteiger partial charge >= 0.3 is 0 Å². The van der Waals surface area contributed by atoms with Gasteiger partial charge in [0.2, 0.25) is 5.28 Å². The van der Waals surface area contributed by atoms with Crippen molar-refractivity contribution in [3.05, 3.63) is 33.9 Å². The van der Waals surface area contributed by atoms with E-state index in [0.29, 0.717) is 5.28 Å². The van der Waals surface area contributed by atoms with Crippen LogP contribution >= 0.6 is 22.9 Å². The van der Waals surface area contributed by atoms with E-state index in [-0.39, 0.29) is 0 Å². The van der Waals surface area contributed by atoms with Gasteiger partial charge in [-0.3, -0.25) is 0 Å². The largest absolute Gasteiger partial charge is 0.223 e. The molecule has 0 atom stereocenters. The molecule has 0 amide bonds. The van der Waals surface area contributed by atoms with Crippen molar-refractivity contribution in [2.24, 2.45) is 0 Å². The summed E-state index contributed by atoms with van der Waals surface area (Å²) in [5.74, 6) is 0. The fourth-order valence-corrected chi connectivity index (χ4v) is 1.96. The zero-order chi connectivity index (χ0) is 9.26. The van der Waals surface area contributed by atoms with Crippen LogP contribution in [0.25, 0.3) is 11.3 Å². The summed E-state index contributed by atoms with van der Waals surface area (Å²) < 4.78 is 0. The zero-order valence-electron chi connectivity index (χ0n) is 6.99. The maximum Gasteiger partial charge on any atom is 0.223 e. The molecule has 0 saturated heterocycles. The predicted octanol–water partition coefficient (Wildman–Crippen LogP) is 3.17. The van der Waals surface area contributed by atoms with E-state index in [1.165, 1.54) is 0 Å². The second-order valence-electron chi connectivity index (χ2n) is 2.68. The molecule has 0 fully saturated rings. The summed E-state index contributed by atoms with van der Waals surface area (Å²) in [6.45, 7) is 1.91. The van der Waals surface area contributed by atoms with Crippen LogP contribution in [0.3, 0.4) is 0 Å². The average molecular weight is 211 g/mol. The lowest BCUT2D eigenvalue weighted by atomic mass is 10.2. The first-order valence-corrected chi connectivity index (χ1v) is 5.11. The molecule has 2 aromatic heterocycles. The summed E-state index contributed by atoms with van der Waals surface area (Å²) in [6.07, 6.45) is 0. The second kappa shape index (κ2) is 3.44. The maximum atomic E-state index is 5.75. The van der Waals surface area contributed by atoms with Gasteiger partial charge in [-0.1, -0.05) is 0 Å². The topological polar surface area (TPSA) is 25.8 Å². The van der Waals surface area contributed by atoms with Crippen LogP contribution in [0.4, 0.5) is 0 Å². The lowest BCUT2D eigenvalue weighted by Gasteiger charge is -1.98. The van der Waals surface area contributed by atoms with Crippen molar-refractivity contribution in [3.63, 3.8) is 0 Å². The summed E-state index contributed by atoms with van der Waals surface area (Å²) in [4.78, 5) is 8.14. The van der Waals surface area contributed by atoms with Gasteiger partial charge in [0.25, 0.3) is 0 Å². The monoisotopic (exact) mass is 210 g/mol. The number of rotatable bonds is 1. The minimum absolute atomic E-state index is 0.307. The highest BCUT2D eigenvalue weighted by atomic mass is 35.5. The van der Waals surface area contributed by atoms with Crippen molar-refractivity contribution >= 4 is 22.9 Å². The van der Waals surface area contributed by atoms with Gasteiger partial charge in [-0.25, -0.2) is 9.97 Å². The van der Waals surface area contributed by atoms with Gasteiger partial charge in [-0.2, -0.15) is 11.3 Å². The fraction of sp³-hybridized carbons (Fsp3) is 0.111. The maximum absolute atomic E-state index is 5.75. The lowest BCUT2D eigenvalue weighted by molar-refractivity contribution is 1.11. The first kappa shape index (κ1) is 8.66. The molecule has 66 valence electrons. The van der Waals surface area contributed by atoms with Crippen molar-refractivity contribution in [2.45, 2.75) is 6.92 Å². The second-order valence-corrected chi connectivity index (χ2v) is 3.79. The Labute approximate surface area is 85.2 Å². The van der Waals surface area contributed by atoms with Gasteiger partial charge in [0.15, 0.2) is 0 Å². The molecular formula is C9H7ClN2S. The standard InChI is InChI=1S/C9H7ClN2S/c1-6-4-8(12-9(10)11-6)7-2-3-13-5-7/h2-5H,1H3. The van der Waals surface area contributed by atoms with Crippen LogP contribution in [-0.2, 0) is 0 Å². The lowest BCUT2D eigenvalue weighted by Crippen LogP contribution is -1.89. The Kier molecular flexibility index (Phi) is 2.29. The Balaban J connectivity index is 2.53. The molecule has 0 aliphatic rings. The van der Waals surface area contributed by atoms with Crippen molar-refractivity contribution < 1.29 is 0 Å². The first-order chi connectivity index (χ1) is 6.25. The van der Waals surface area contributed by atoms with Crippen LogP contribution in [-0.4, -0.2) is 9.97 Å². The number of halogens is 1. The molecule has 2 nitrogen and oxygen atoms in total. The first-order valence-electron chi connectivity index (χ1n) is 3.79. The molecular weight excluding hydrogens is 204 g/mol. The Bertz CT molecular complexity index is 391. The summed E-state index contributed by atoms with van der Waals surface area (Å²) >= 11 is 7.39. The summed E-state index contributed by atoms with van der Waals surface area (Å²) in [5.41, 5.74) is 2.87. The smallest absolute Gasteiger partial charge is 0.223 e. The fourth-order valence-electron chi connectivity index (χ4n) is 1.09. The van der Waals surface area contributed by atoms with E-state index in [4.69, 9.17) is 11.6 Å². The van der Waals surface area contributed by atoms with E-state index in [9.17, 15) is 0 Å². The van der Waals surface area contributed by atoms with Crippen LogP contribution < -0.4 is 0 Å². The van der Waals surface area contributed by atoms with Crippen LogP contribution in [0.1, 0.15) is 5.69 Å². The molecule has 2 aromatic rings. The van der Waals surface area contributed by atoms with Crippen LogP contribution in [0.15, 0.2) is 22.9 Å².